The van der Waals surface area contributed by atoms with Crippen molar-refractivity contribution in [1.82, 2.24) is 4.90 Å². The van der Waals surface area contributed by atoms with Crippen molar-refractivity contribution in [2.75, 3.05) is 14.1 Å². The van der Waals surface area contributed by atoms with Crippen molar-refractivity contribution in [3.8, 4) is 5.75 Å². The van der Waals surface area contributed by atoms with Gasteiger partial charge in [0.05, 0.1) is 11.6 Å². The van der Waals surface area contributed by atoms with E-state index in [0.717, 1.165) is 6.42 Å². The molecule has 3 aliphatic carbocycles. The highest BCUT2D eigenvalue weighted by Crippen LogP contribution is 2.53. The van der Waals surface area contributed by atoms with Crippen molar-refractivity contribution >= 4 is 23.2 Å². The highest BCUT2D eigenvalue weighted by molar-refractivity contribution is 6.24. The Hall–Kier alpha value is -3.24. The zero-order valence-corrected chi connectivity index (χ0v) is 22.3. The van der Waals surface area contributed by atoms with Crippen molar-refractivity contribution in [3.05, 3.63) is 45.5 Å². The Kier molecular flexibility index (Phi) is 6.73. The van der Waals surface area contributed by atoms with Gasteiger partial charge < -0.3 is 26.2 Å². The number of amides is 1. The van der Waals surface area contributed by atoms with Crippen LogP contribution in [0.4, 0.5) is 4.39 Å². The van der Waals surface area contributed by atoms with E-state index in [1.807, 2.05) is 0 Å². The number of aromatic hydroxyl groups is 1. The zero-order chi connectivity index (χ0) is 28.5. The number of Topliss-reactive ketones (excluding diaryl/α,β-unsaturated/α-hetero) is 2. The first kappa shape index (κ1) is 27.8. The van der Waals surface area contributed by atoms with Gasteiger partial charge in [-0.05, 0) is 69.2 Å². The van der Waals surface area contributed by atoms with Crippen LogP contribution in [0.15, 0.2) is 23.0 Å². The number of hydrogen-bond acceptors (Lipinski definition) is 8. The van der Waals surface area contributed by atoms with Crippen LogP contribution < -0.4 is 5.73 Å². The number of phenols is 1. The molecule has 4 rings (SSSR count). The van der Waals surface area contributed by atoms with Gasteiger partial charge in [0.2, 0.25) is 5.78 Å². The maximum absolute atomic E-state index is 15.7. The van der Waals surface area contributed by atoms with Gasteiger partial charge in [-0.2, -0.15) is 0 Å². The Labute approximate surface area is 220 Å². The molecule has 0 heterocycles. The topological polar surface area (TPSA) is 161 Å². The van der Waals surface area contributed by atoms with E-state index in [1.54, 1.807) is 0 Å². The number of ketones is 2. The summed E-state index contributed by atoms with van der Waals surface area (Å²) < 4.78 is 15.7. The Morgan fingerprint density at radius 1 is 1.21 bits per heavy atom. The minimum Gasteiger partial charge on any atom is -0.508 e. The standard InChI is InChI=1S/C28H35FN2O7/c1-27(2,3)8-6-7-12-11-16(32)18-14(20(12)29)9-13-10-15-21(31(4)5)23(34)19(26(30)37)25(36)28(15,38)24(35)17(13)22(18)33/h11,13,15,21,32-33,36,38H,6-10H2,1-5H3,(H2,30,37)/t13-,15-,21-,28-/m0/s1. The normalized spacial score (nSPS) is 27.4. The van der Waals surface area contributed by atoms with Gasteiger partial charge in [-0.3, -0.25) is 19.3 Å². The lowest BCUT2D eigenvalue weighted by atomic mass is 9.57. The second-order valence-electron chi connectivity index (χ2n) is 12.1. The Bertz CT molecular complexity index is 1310. The van der Waals surface area contributed by atoms with Gasteiger partial charge in [0.15, 0.2) is 11.4 Å². The third kappa shape index (κ3) is 4.10. The molecular formula is C28H35FN2O7. The molecule has 3 aliphatic rings. The molecule has 1 aromatic carbocycles. The van der Waals surface area contributed by atoms with E-state index in [2.05, 4.69) is 20.8 Å². The van der Waals surface area contributed by atoms with Crippen LogP contribution in [0.5, 0.6) is 5.75 Å². The molecule has 9 nitrogen and oxygen atoms in total. The van der Waals surface area contributed by atoms with Crippen LogP contribution >= 0.6 is 0 Å². The SMILES string of the molecule is CN(C)[C@@H]1C(=O)C(C(N)=O)=C(O)[C@@]2(O)C(=O)C3=C(O)c4c(O)cc(CCCC(C)(C)C)c(F)c4C[C@H]3C[C@@H]12. The molecule has 0 radical (unpaired) electrons. The zero-order valence-electron chi connectivity index (χ0n) is 22.3. The lowest BCUT2D eigenvalue weighted by Crippen LogP contribution is -2.65. The molecule has 38 heavy (non-hydrogen) atoms. The number of benzene rings is 1. The monoisotopic (exact) mass is 530 g/mol. The Morgan fingerprint density at radius 2 is 1.84 bits per heavy atom. The predicted octanol–water partition coefficient (Wildman–Crippen LogP) is 2.47. The number of likely N-dealkylation sites (N-methyl/N-ethyl adjacent to an activating group) is 1. The molecule has 0 unspecified atom stereocenters. The first-order valence-electron chi connectivity index (χ1n) is 12.7. The molecule has 6 N–H and O–H groups in total. The average Bonchev–Trinajstić information content (AvgIpc) is 2.78. The largest absolute Gasteiger partial charge is 0.508 e. The van der Waals surface area contributed by atoms with Crippen LogP contribution in [0, 0.1) is 23.1 Å². The van der Waals surface area contributed by atoms with Crippen LogP contribution in [0.3, 0.4) is 0 Å². The summed E-state index contributed by atoms with van der Waals surface area (Å²) in [6.07, 6.45) is 1.74. The molecule has 1 saturated carbocycles. The summed E-state index contributed by atoms with van der Waals surface area (Å²) in [7, 11) is 3.05. The summed E-state index contributed by atoms with van der Waals surface area (Å²) in [6.45, 7) is 6.24. The number of fused-ring (bicyclic) bond motifs is 3. The second kappa shape index (κ2) is 9.20. The lowest BCUT2D eigenvalue weighted by molar-refractivity contribution is -0.153. The molecule has 4 atom stereocenters. The van der Waals surface area contributed by atoms with Gasteiger partial charge in [-0.15, -0.1) is 0 Å². The van der Waals surface area contributed by atoms with E-state index in [4.69, 9.17) is 5.73 Å². The molecule has 0 aromatic heterocycles. The number of aliphatic hydroxyl groups is 3. The minimum atomic E-state index is -2.72. The van der Waals surface area contributed by atoms with Crippen LogP contribution in [-0.4, -0.2) is 68.5 Å². The van der Waals surface area contributed by atoms with Crippen molar-refractivity contribution < 1.29 is 39.2 Å². The maximum Gasteiger partial charge on any atom is 0.255 e. The van der Waals surface area contributed by atoms with E-state index < -0.39 is 69.6 Å². The van der Waals surface area contributed by atoms with E-state index in [0.29, 0.717) is 18.4 Å². The van der Waals surface area contributed by atoms with Crippen molar-refractivity contribution in [2.45, 2.75) is 64.5 Å². The number of hydrogen-bond donors (Lipinski definition) is 5. The molecule has 0 spiro atoms. The molecule has 1 amide bonds. The number of primary amides is 1. The quantitative estimate of drug-likeness (QED) is 0.363. The number of rotatable bonds is 5. The third-order valence-electron chi connectivity index (χ3n) is 8.10. The summed E-state index contributed by atoms with van der Waals surface area (Å²) in [5, 5.41) is 44.4. The van der Waals surface area contributed by atoms with Crippen LogP contribution in [0.25, 0.3) is 5.76 Å². The number of nitrogens with two attached hydrogens (primary N) is 1. The second-order valence-corrected chi connectivity index (χ2v) is 12.1. The summed E-state index contributed by atoms with van der Waals surface area (Å²) in [5.41, 5.74) is 1.59. The highest BCUT2D eigenvalue weighted by Gasteiger charge is 2.64. The van der Waals surface area contributed by atoms with Gasteiger partial charge >= 0.3 is 0 Å². The fraction of sp³-hybridized carbons (Fsp3) is 0.536. The number of phenolic OH excluding ortho intramolecular Hbond substituents is 1. The molecule has 0 saturated heterocycles. The molecule has 206 valence electrons. The third-order valence-corrected chi connectivity index (χ3v) is 8.10. The number of halogens is 1. The molecule has 1 aromatic rings. The Morgan fingerprint density at radius 3 is 2.39 bits per heavy atom. The van der Waals surface area contributed by atoms with Crippen LogP contribution in [0.1, 0.15) is 56.7 Å². The first-order valence-corrected chi connectivity index (χ1v) is 12.7. The minimum absolute atomic E-state index is 0.0523. The molecule has 0 aliphatic heterocycles. The van der Waals surface area contributed by atoms with Gasteiger partial charge in [-0.25, -0.2) is 4.39 Å². The molecule has 10 heteroatoms. The number of carbonyl (C=O) groups excluding carboxylic acids is 3. The van der Waals surface area contributed by atoms with Gasteiger partial charge in [0, 0.05) is 17.1 Å². The highest BCUT2D eigenvalue weighted by atomic mass is 19.1. The molecule has 0 bridgehead atoms. The fourth-order valence-electron chi connectivity index (χ4n) is 6.34. The fourth-order valence-corrected chi connectivity index (χ4v) is 6.34. The average molecular weight is 531 g/mol. The number of carbonyl (C=O) groups is 3. The molecular weight excluding hydrogens is 495 g/mol. The number of aliphatic hydroxyl groups excluding tert-OH is 2. The number of nitrogens with zero attached hydrogens (tertiary/aromatic N) is 1. The van der Waals surface area contributed by atoms with Crippen LogP contribution in [0.2, 0.25) is 0 Å². The lowest BCUT2D eigenvalue weighted by Gasteiger charge is -2.50. The summed E-state index contributed by atoms with van der Waals surface area (Å²) in [5.74, 6) is -8.09. The summed E-state index contributed by atoms with van der Waals surface area (Å²) in [4.78, 5) is 40.3. The first-order chi connectivity index (χ1) is 17.5. The van der Waals surface area contributed by atoms with Gasteiger partial charge in [-0.1, -0.05) is 20.8 Å². The van der Waals surface area contributed by atoms with Crippen LogP contribution in [-0.2, 0) is 27.2 Å². The van der Waals surface area contributed by atoms with Crippen molar-refractivity contribution in [2.24, 2.45) is 23.0 Å². The summed E-state index contributed by atoms with van der Waals surface area (Å²) in [6, 6.07) is 0.0530. The number of aryl methyl sites for hydroxylation is 1. The van der Waals surface area contributed by atoms with E-state index in [-0.39, 0.29) is 35.0 Å². The van der Waals surface area contributed by atoms with E-state index in [1.165, 1.54) is 25.1 Å². The summed E-state index contributed by atoms with van der Waals surface area (Å²) >= 11 is 0. The predicted molar refractivity (Wildman–Crippen MR) is 137 cm³/mol. The Balaban J connectivity index is 1.85. The van der Waals surface area contributed by atoms with E-state index >= 15 is 4.39 Å². The molecule has 1 fully saturated rings. The van der Waals surface area contributed by atoms with Gasteiger partial charge in [0.1, 0.15) is 28.7 Å². The van der Waals surface area contributed by atoms with Gasteiger partial charge in [0.25, 0.3) is 5.91 Å². The maximum atomic E-state index is 15.7. The van der Waals surface area contributed by atoms with E-state index in [9.17, 15) is 34.8 Å². The van der Waals surface area contributed by atoms with Crippen molar-refractivity contribution in [3.63, 3.8) is 0 Å². The smallest absolute Gasteiger partial charge is 0.255 e. The van der Waals surface area contributed by atoms with Crippen molar-refractivity contribution in [1.29, 1.82) is 0 Å².